The van der Waals surface area contributed by atoms with E-state index < -0.39 is 0 Å². The predicted octanol–water partition coefficient (Wildman–Crippen LogP) is 2.22. The van der Waals surface area contributed by atoms with E-state index in [0.717, 1.165) is 22.6 Å². The molecule has 6 nitrogen and oxygen atoms in total. The fourth-order valence-electron chi connectivity index (χ4n) is 3.31. The largest absolute Gasteiger partial charge is 0.497 e. The van der Waals surface area contributed by atoms with Gasteiger partial charge in [-0.05, 0) is 47.7 Å². The number of aryl methyl sites for hydroxylation is 1. The molecule has 0 spiro atoms. The number of amides is 2. The molecule has 162 valence electrons. The predicted molar refractivity (Wildman–Crippen MR) is 120 cm³/mol. The summed E-state index contributed by atoms with van der Waals surface area (Å²) in [6.07, 6.45) is 0.992. The number of hydrogen-bond acceptors (Lipinski definition) is 3. The lowest BCUT2D eigenvalue weighted by Gasteiger charge is -2.24. The van der Waals surface area contributed by atoms with Crippen LogP contribution < -0.4 is 20.3 Å². The number of benzene rings is 2. The maximum Gasteiger partial charge on any atom is 0.279 e. The Balaban J connectivity index is 1.87. The molecular formula is C24H34N3O3+. The van der Waals surface area contributed by atoms with Crippen LogP contribution in [0.5, 0.6) is 5.75 Å². The van der Waals surface area contributed by atoms with Gasteiger partial charge in [-0.2, -0.15) is 0 Å². The summed E-state index contributed by atoms with van der Waals surface area (Å²) in [6, 6.07) is 15.5. The molecule has 0 saturated carbocycles. The van der Waals surface area contributed by atoms with Gasteiger partial charge in [0, 0.05) is 5.69 Å². The molecule has 2 aromatic carbocycles. The van der Waals surface area contributed by atoms with Gasteiger partial charge in [0.15, 0.2) is 13.1 Å². The minimum Gasteiger partial charge on any atom is -0.497 e. The lowest BCUT2D eigenvalue weighted by Crippen LogP contribution is -3.11. The molecular weight excluding hydrogens is 378 g/mol. The van der Waals surface area contributed by atoms with E-state index >= 15 is 0 Å². The smallest absolute Gasteiger partial charge is 0.279 e. The van der Waals surface area contributed by atoms with Crippen molar-refractivity contribution in [2.45, 2.75) is 33.2 Å². The molecule has 2 aromatic rings. The third kappa shape index (κ3) is 7.19. The van der Waals surface area contributed by atoms with Crippen LogP contribution in [0.3, 0.4) is 0 Å². The molecule has 2 rings (SSSR count). The highest BCUT2D eigenvalue weighted by atomic mass is 16.5. The normalized spacial score (nSPS) is 12.9. The number of hydrogen-bond donors (Lipinski definition) is 3. The van der Waals surface area contributed by atoms with Crippen LogP contribution in [-0.4, -0.2) is 39.1 Å². The molecule has 0 aliphatic rings. The van der Waals surface area contributed by atoms with Gasteiger partial charge in [0.25, 0.3) is 11.8 Å². The number of rotatable bonds is 10. The van der Waals surface area contributed by atoms with Crippen molar-refractivity contribution in [1.82, 2.24) is 5.32 Å². The molecule has 0 radical (unpaired) electrons. The van der Waals surface area contributed by atoms with Crippen molar-refractivity contribution in [2.75, 3.05) is 32.6 Å². The van der Waals surface area contributed by atoms with E-state index in [2.05, 4.69) is 55.7 Å². The van der Waals surface area contributed by atoms with Gasteiger partial charge >= 0.3 is 0 Å². The van der Waals surface area contributed by atoms with Crippen LogP contribution in [0.25, 0.3) is 0 Å². The molecule has 0 heterocycles. The minimum atomic E-state index is -0.138. The Morgan fingerprint density at radius 2 is 1.57 bits per heavy atom. The maximum absolute atomic E-state index is 12.6. The molecule has 1 unspecified atom stereocenters. The van der Waals surface area contributed by atoms with Crippen LogP contribution >= 0.6 is 0 Å². The first-order valence-corrected chi connectivity index (χ1v) is 10.5. The Morgan fingerprint density at radius 1 is 0.967 bits per heavy atom. The van der Waals surface area contributed by atoms with E-state index in [1.54, 1.807) is 31.4 Å². The maximum atomic E-state index is 12.6. The van der Waals surface area contributed by atoms with E-state index in [4.69, 9.17) is 4.74 Å². The zero-order valence-corrected chi connectivity index (χ0v) is 18.6. The lowest BCUT2D eigenvalue weighted by atomic mass is 9.95. The zero-order valence-electron chi connectivity index (χ0n) is 18.6. The van der Waals surface area contributed by atoms with Crippen molar-refractivity contribution in [3.05, 3.63) is 59.7 Å². The summed E-state index contributed by atoms with van der Waals surface area (Å²) >= 11 is 0. The quantitative estimate of drug-likeness (QED) is 0.560. The summed E-state index contributed by atoms with van der Waals surface area (Å²) in [7, 11) is 3.44. The number of anilines is 1. The first-order valence-electron chi connectivity index (χ1n) is 10.5. The molecule has 2 amide bonds. The average molecular weight is 413 g/mol. The summed E-state index contributed by atoms with van der Waals surface area (Å²) in [4.78, 5) is 25.7. The average Bonchev–Trinajstić information content (AvgIpc) is 2.72. The Bertz CT molecular complexity index is 817. The van der Waals surface area contributed by atoms with Gasteiger partial charge in [0.1, 0.15) is 5.75 Å². The molecule has 6 heteroatoms. The number of methoxy groups -OCH3 is 1. The molecule has 0 bridgehead atoms. The molecule has 0 aromatic heterocycles. The molecule has 2 atom stereocenters. The van der Waals surface area contributed by atoms with Crippen LogP contribution in [0.4, 0.5) is 5.69 Å². The van der Waals surface area contributed by atoms with E-state index in [0.29, 0.717) is 5.69 Å². The highest BCUT2D eigenvalue weighted by molar-refractivity contribution is 5.91. The SMILES string of the molecule is CCc1ccc([C@H](NC(=O)C[NH+](C)CC(=O)Nc2ccc(OC)cc2)C(C)C)cc1. The number of carbonyl (C=O) groups excluding carboxylic acids is 2. The fourth-order valence-corrected chi connectivity index (χ4v) is 3.31. The minimum absolute atomic E-state index is 0.0515. The molecule has 30 heavy (non-hydrogen) atoms. The van der Waals surface area contributed by atoms with E-state index in [1.165, 1.54) is 5.56 Å². The molecule has 0 aliphatic heterocycles. The molecule has 3 N–H and O–H groups in total. The van der Waals surface area contributed by atoms with Crippen molar-refractivity contribution in [2.24, 2.45) is 5.92 Å². The summed E-state index contributed by atoms with van der Waals surface area (Å²) in [5.41, 5.74) is 3.08. The van der Waals surface area contributed by atoms with Gasteiger partial charge in [-0.15, -0.1) is 0 Å². The summed E-state index contributed by atoms with van der Waals surface area (Å²) in [6.45, 7) is 6.75. The standard InChI is InChI=1S/C24H33N3O3/c1-6-18-7-9-19(10-8-18)24(17(2)3)26-23(29)16-27(4)15-22(28)25-20-11-13-21(30-5)14-12-20/h7-14,17,24H,6,15-16H2,1-5H3,(H,25,28)(H,26,29)/p+1/t24-/m1/s1. The van der Waals surface area contributed by atoms with Gasteiger partial charge in [-0.25, -0.2) is 0 Å². The van der Waals surface area contributed by atoms with Crippen LogP contribution in [-0.2, 0) is 16.0 Å². The Labute approximate surface area is 179 Å². The number of carbonyl (C=O) groups is 2. The van der Waals surface area contributed by atoms with Crippen LogP contribution in [0.2, 0.25) is 0 Å². The Kier molecular flexibility index (Phi) is 8.87. The second-order valence-corrected chi connectivity index (χ2v) is 7.97. The Hall–Kier alpha value is -2.86. The second kappa shape index (κ2) is 11.4. The first kappa shape index (κ1) is 23.4. The topological polar surface area (TPSA) is 71.9 Å². The van der Waals surface area contributed by atoms with Gasteiger partial charge < -0.3 is 20.3 Å². The highest BCUT2D eigenvalue weighted by Crippen LogP contribution is 2.22. The van der Waals surface area contributed by atoms with Gasteiger partial charge in [-0.1, -0.05) is 45.0 Å². The van der Waals surface area contributed by atoms with E-state index in [1.807, 2.05) is 7.05 Å². The summed E-state index contributed by atoms with van der Waals surface area (Å²) in [5.74, 6) is 0.792. The van der Waals surface area contributed by atoms with Crippen molar-refractivity contribution < 1.29 is 19.2 Å². The van der Waals surface area contributed by atoms with Gasteiger partial charge in [0.05, 0.1) is 20.2 Å². The zero-order chi connectivity index (χ0) is 22.1. The third-order valence-corrected chi connectivity index (χ3v) is 5.03. The molecule has 0 aliphatic carbocycles. The number of ether oxygens (including phenoxy) is 1. The van der Waals surface area contributed by atoms with Crippen molar-refractivity contribution in [3.63, 3.8) is 0 Å². The Morgan fingerprint density at radius 3 is 2.10 bits per heavy atom. The van der Waals surface area contributed by atoms with E-state index in [9.17, 15) is 9.59 Å². The third-order valence-electron chi connectivity index (χ3n) is 5.03. The van der Waals surface area contributed by atoms with E-state index in [-0.39, 0.29) is 36.9 Å². The van der Waals surface area contributed by atoms with Crippen molar-refractivity contribution in [3.8, 4) is 5.75 Å². The second-order valence-electron chi connectivity index (χ2n) is 7.97. The fraction of sp³-hybridized carbons (Fsp3) is 0.417. The number of likely N-dealkylation sites (N-methyl/N-ethyl adjacent to an activating group) is 1. The summed E-state index contributed by atoms with van der Waals surface area (Å²) < 4.78 is 5.11. The van der Waals surface area contributed by atoms with Crippen molar-refractivity contribution >= 4 is 17.5 Å². The van der Waals surface area contributed by atoms with Gasteiger partial charge in [0.2, 0.25) is 0 Å². The monoisotopic (exact) mass is 412 g/mol. The van der Waals surface area contributed by atoms with Crippen LogP contribution in [0, 0.1) is 5.92 Å². The highest BCUT2D eigenvalue weighted by Gasteiger charge is 2.21. The molecule has 0 saturated heterocycles. The van der Waals surface area contributed by atoms with Gasteiger partial charge in [-0.3, -0.25) is 9.59 Å². The van der Waals surface area contributed by atoms with Crippen LogP contribution in [0.15, 0.2) is 48.5 Å². The summed E-state index contributed by atoms with van der Waals surface area (Å²) in [5, 5.41) is 5.98. The lowest BCUT2D eigenvalue weighted by molar-refractivity contribution is -0.862. The molecule has 0 fully saturated rings. The van der Waals surface area contributed by atoms with Crippen LogP contribution in [0.1, 0.15) is 37.9 Å². The first-order chi connectivity index (χ1) is 14.3. The number of nitrogens with one attached hydrogen (secondary N) is 3. The number of quaternary nitrogens is 1. The van der Waals surface area contributed by atoms with Crippen molar-refractivity contribution in [1.29, 1.82) is 0 Å².